The molecule has 0 amide bonds. The van der Waals surface area contributed by atoms with Gasteiger partial charge in [0.2, 0.25) is 0 Å². The summed E-state index contributed by atoms with van der Waals surface area (Å²) >= 11 is 0. The van der Waals surface area contributed by atoms with Crippen molar-refractivity contribution in [3.8, 4) is 0 Å². The van der Waals surface area contributed by atoms with Crippen molar-refractivity contribution in [2.24, 2.45) is 23.7 Å². The smallest absolute Gasteiger partial charge is 0.0197 e. The molecular formula is C14H24. The SMILES string of the molecule is CCCCCC(C)C1CC2C=CC1C2. The van der Waals surface area contributed by atoms with Crippen LogP contribution in [0.1, 0.15) is 52.4 Å². The lowest BCUT2D eigenvalue weighted by atomic mass is 9.80. The Labute approximate surface area is 88.8 Å². The molecule has 0 radical (unpaired) electrons. The predicted molar refractivity (Wildman–Crippen MR) is 62.2 cm³/mol. The normalized spacial score (nSPS) is 36.6. The van der Waals surface area contributed by atoms with Gasteiger partial charge in [-0.25, -0.2) is 0 Å². The van der Waals surface area contributed by atoms with Crippen molar-refractivity contribution in [2.75, 3.05) is 0 Å². The Morgan fingerprint density at radius 3 is 2.64 bits per heavy atom. The molecule has 2 aliphatic rings. The minimum Gasteiger partial charge on any atom is -0.0851 e. The summed E-state index contributed by atoms with van der Waals surface area (Å²) < 4.78 is 0. The fraction of sp³-hybridized carbons (Fsp3) is 0.857. The highest BCUT2D eigenvalue weighted by molar-refractivity contribution is 5.10. The Morgan fingerprint density at radius 2 is 2.07 bits per heavy atom. The molecule has 0 aromatic rings. The summed E-state index contributed by atoms with van der Waals surface area (Å²) in [6.07, 6.45) is 13.6. The van der Waals surface area contributed by atoms with Crippen molar-refractivity contribution in [1.82, 2.24) is 0 Å². The van der Waals surface area contributed by atoms with Gasteiger partial charge in [-0.1, -0.05) is 51.7 Å². The van der Waals surface area contributed by atoms with Gasteiger partial charge in [0.1, 0.15) is 0 Å². The fourth-order valence-corrected chi connectivity index (χ4v) is 3.41. The number of hydrogen-bond acceptors (Lipinski definition) is 0. The number of rotatable bonds is 5. The van der Waals surface area contributed by atoms with E-state index in [0.717, 1.165) is 23.7 Å². The molecule has 80 valence electrons. The van der Waals surface area contributed by atoms with Gasteiger partial charge in [0.15, 0.2) is 0 Å². The van der Waals surface area contributed by atoms with E-state index in [-0.39, 0.29) is 0 Å². The van der Waals surface area contributed by atoms with E-state index >= 15 is 0 Å². The van der Waals surface area contributed by atoms with Gasteiger partial charge in [-0.15, -0.1) is 0 Å². The zero-order valence-corrected chi connectivity index (χ0v) is 9.71. The fourth-order valence-electron chi connectivity index (χ4n) is 3.41. The van der Waals surface area contributed by atoms with Crippen LogP contribution in [0.4, 0.5) is 0 Å². The monoisotopic (exact) mass is 192 g/mol. The van der Waals surface area contributed by atoms with Gasteiger partial charge in [0.25, 0.3) is 0 Å². The lowest BCUT2D eigenvalue weighted by Gasteiger charge is -2.25. The summed E-state index contributed by atoms with van der Waals surface area (Å²) in [5.41, 5.74) is 0. The summed E-state index contributed by atoms with van der Waals surface area (Å²) in [6, 6.07) is 0. The second kappa shape index (κ2) is 4.51. The van der Waals surface area contributed by atoms with Crippen molar-refractivity contribution in [3.05, 3.63) is 12.2 Å². The van der Waals surface area contributed by atoms with Crippen LogP contribution in [-0.2, 0) is 0 Å². The van der Waals surface area contributed by atoms with Crippen molar-refractivity contribution < 1.29 is 0 Å². The molecule has 2 bridgehead atoms. The molecule has 0 nitrogen and oxygen atoms in total. The van der Waals surface area contributed by atoms with E-state index in [4.69, 9.17) is 0 Å². The van der Waals surface area contributed by atoms with Gasteiger partial charge in [-0.3, -0.25) is 0 Å². The summed E-state index contributed by atoms with van der Waals surface area (Å²) in [5, 5.41) is 0. The molecule has 0 spiro atoms. The van der Waals surface area contributed by atoms with Crippen molar-refractivity contribution in [2.45, 2.75) is 52.4 Å². The van der Waals surface area contributed by atoms with Gasteiger partial charge in [-0.2, -0.15) is 0 Å². The first kappa shape index (κ1) is 10.3. The molecule has 2 rings (SSSR count). The third-order valence-corrected chi connectivity index (χ3v) is 4.32. The molecular weight excluding hydrogens is 168 g/mol. The first-order chi connectivity index (χ1) is 6.81. The molecule has 0 aromatic heterocycles. The van der Waals surface area contributed by atoms with Crippen LogP contribution >= 0.6 is 0 Å². The van der Waals surface area contributed by atoms with Crippen LogP contribution in [0, 0.1) is 23.7 Å². The van der Waals surface area contributed by atoms with Crippen LogP contribution in [0.15, 0.2) is 12.2 Å². The first-order valence-electron chi connectivity index (χ1n) is 6.49. The maximum absolute atomic E-state index is 2.50. The van der Waals surface area contributed by atoms with Gasteiger partial charge < -0.3 is 0 Å². The zero-order valence-electron chi connectivity index (χ0n) is 9.71. The molecule has 0 heteroatoms. The standard InChI is InChI=1S/C14H24/c1-3-4-5-6-11(2)14-10-12-7-8-13(14)9-12/h7-8,11-14H,3-6,9-10H2,1-2H3. The zero-order chi connectivity index (χ0) is 9.97. The first-order valence-corrected chi connectivity index (χ1v) is 6.49. The van der Waals surface area contributed by atoms with Gasteiger partial charge in [0.05, 0.1) is 0 Å². The van der Waals surface area contributed by atoms with Crippen molar-refractivity contribution in [1.29, 1.82) is 0 Å². The number of fused-ring (bicyclic) bond motifs is 2. The largest absolute Gasteiger partial charge is 0.0851 e. The van der Waals surface area contributed by atoms with E-state index in [2.05, 4.69) is 26.0 Å². The molecule has 4 atom stereocenters. The number of unbranched alkanes of at least 4 members (excludes halogenated alkanes) is 2. The van der Waals surface area contributed by atoms with E-state index in [1.807, 2.05) is 0 Å². The summed E-state index contributed by atoms with van der Waals surface area (Å²) in [7, 11) is 0. The van der Waals surface area contributed by atoms with Gasteiger partial charge in [0, 0.05) is 0 Å². The van der Waals surface area contributed by atoms with Crippen LogP contribution in [0.25, 0.3) is 0 Å². The third-order valence-electron chi connectivity index (χ3n) is 4.32. The molecule has 0 aromatic carbocycles. The van der Waals surface area contributed by atoms with Crippen LogP contribution in [0.5, 0.6) is 0 Å². The minimum absolute atomic E-state index is 0.955. The highest BCUT2D eigenvalue weighted by Gasteiger charge is 2.37. The molecule has 2 aliphatic carbocycles. The van der Waals surface area contributed by atoms with Crippen LogP contribution in [0.2, 0.25) is 0 Å². The van der Waals surface area contributed by atoms with Gasteiger partial charge in [-0.05, 0) is 36.5 Å². The Hall–Kier alpha value is -0.260. The Morgan fingerprint density at radius 1 is 1.21 bits per heavy atom. The lowest BCUT2D eigenvalue weighted by molar-refractivity contribution is 0.286. The quantitative estimate of drug-likeness (QED) is 0.447. The van der Waals surface area contributed by atoms with Crippen LogP contribution < -0.4 is 0 Å². The van der Waals surface area contributed by atoms with Crippen LogP contribution in [0.3, 0.4) is 0 Å². The summed E-state index contributed by atoms with van der Waals surface area (Å²) in [5.74, 6) is 3.92. The molecule has 0 aliphatic heterocycles. The highest BCUT2D eigenvalue weighted by atomic mass is 14.4. The second-order valence-electron chi connectivity index (χ2n) is 5.42. The third kappa shape index (κ3) is 2.04. The predicted octanol–water partition coefficient (Wildman–Crippen LogP) is 4.42. The average molecular weight is 192 g/mol. The maximum atomic E-state index is 2.50. The topological polar surface area (TPSA) is 0 Å². The minimum atomic E-state index is 0.955. The highest BCUT2D eigenvalue weighted by Crippen LogP contribution is 2.47. The molecule has 14 heavy (non-hydrogen) atoms. The summed E-state index contributed by atoms with van der Waals surface area (Å²) in [6.45, 7) is 4.78. The average Bonchev–Trinajstić information content (AvgIpc) is 2.79. The lowest BCUT2D eigenvalue weighted by Crippen LogP contribution is -2.16. The molecule has 0 saturated heterocycles. The molecule has 4 unspecified atom stereocenters. The number of allylic oxidation sites excluding steroid dienone is 2. The van der Waals surface area contributed by atoms with E-state index < -0.39 is 0 Å². The Bertz CT molecular complexity index is 204. The summed E-state index contributed by atoms with van der Waals surface area (Å²) in [4.78, 5) is 0. The Balaban J connectivity index is 1.75. The van der Waals surface area contributed by atoms with Crippen molar-refractivity contribution >= 4 is 0 Å². The Kier molecular flexibility index (Phi) is 3.30. The van der Waals surface area contributed by atoms with Gasteiger partial charge >= 0.3 is 0 Å². The maximum Gasteiger partial charge on any atom is -0.0197 e. The van der Waals surface area contributed by atoms with Crippen LogP contribution in [-0.4, -0.2) is 0 Å². The van der Waals surface area contributed by atoms with E-state index in [9.17, 15) is 0 Å². The molecule has 1 saturated carbocycles. The molecule has 0 heterocycles. The molecule has 1 fully saturated rings. The molecule has 0 N–H and O–H groups in total. The second-order valence-corrected chi connectivity index (χ2v) is 5.42. The van der Waals surface area contributed by atoms with E-state index in [0.29, 0.717) is 0 Å². The van der Waals surface area contributed by atoms with E-state index in [1.165, 1.54) is 38.5 Å². The van der Waals surface area contributed by atoms with E-state index in [1.54, 1.807) is 0 Å². The number of hydrogen-bond donors (Lipinski definition) is 0. The van der Waals surface area contributed by atoms with Crippen molar-refractivity contribution in [3.63, 3.8) is 0 Å².